The third kappa shape index (κ3) is 5.54. The van der Waals surface area contributed by atoms with Gasteiger partial charge in [-0.2, -0.15) is 0 Å². The van der Waals surface area contributed by atoms with Gasteiger partial charge in [0.25, 0.3) is 0 Å². The van der Waals surface area contributed by atoms with Crippen molar-refractivity contribution in [2.45, 2.75) is 65.2 Å². The SMILES string of the molecule is CCN1C(=O)N(CC)C1=O.O=C=NCC1CC2CCC1C2.O=C=NCC1CC2CCC1C2. The molecule has 4 amide bonds. The molecule has 5 fully saturated rings. The first-order valence-corrected chi connectivity index (χ1v) is 12.2. The molecule has 0 spiro atoms. The van der Waals surface area contributed by atoms with E-state index in [2.05, 4.69) is 9.98 Å². The minimum atomic E-state index is -0.171. The van der Waals surface area contributed by atoms with Crippen LogP contribution in [0.15, 0.2) is 9.98 Å². The van der Waals surface area contributed by atoms with Gasteiger partial charge in [0.05, 0.1) is 13.1 Å². The van der Waals surface area contributed by atoms with Gasteiger partial charge < -0.3 is 0 Å². The van der Waals surface area contributed by atoms with Crippen LogP contribution in [0.3, 0.4) is 0 Å². The lowest BCUT2D eigenvalue weighted by molar-refractivity contribution is 0.110. The Morgan fingerprint density at radius 2 is 1.12 bits per heavy atom. The van der Waals surface area contributed by atoms with Crippen LogP contribution in [0.2, 0.25) is 0 Å². The van der Waals surface area contributed by atoms with Crippen LogP contribution in [0.1, 0.15) is 65.2 Å². The largest absolute Gasteiger partial charge is 0.336 e. The van der Waals surface area contributed by atoms with Crippen molar-refractivity contribution in [2.75, 3.05) is 26.2 Å². The summed E-state index contributed by atoms with van der Waals surface area (Å²) in [4.78, 5) is 51.2. The lowest BCUT2D eigenvalue weighted by atomic mass is 9.89. The van der Waals surface area contributed by atoms with Crippen molar-refractivity contribution in [3.8, 4) is 0 Å². The normalized spacial score (nSPS) is 33.4. The maximum atomic E-state index is 10.9. The molecule has 1 aliphatic heterocycles. The second kappa shape index (κ2) is 11.5. The minimum absolute atomic E-state index is 0.171. The molecular formula is C24H36N4O4. The third-order valence-electron chi connectivity index (χ3n) is 8.11. The molecule has 8 nitrogen and oxygen atoms in total. The van der Waals surface area contributed by atoms with Crippen LogP contribution in [-0.4, -0.2) is 60.2 Å². The Labute approximate surface area is 190 Å². The highest BCUT2D eigenvalue weighted by Crippen LogP contribution is 2.49. The van der Waals surface area contributed by atoms with Crippen molar-refractivity contribution < 1.29 is 19.2 Å². The molecule has 0 N–H and O–H groups in total. The standard InChI is InChI=1S/2C9H13NO.C6H10N2O2/c2*11-6-10-5-9-4-7-1-2-8(9)3-7;1-3-7-5(9)8(4-2)6(7)10/h2*7-9H,1-5H2;3-4H2,1-2H3. The summed E-state index contributed by atoms with van der Waals surface area (Å²) in [6.45, 7) is 6.00. The third-order valence-corrected chi connectivity index (χ3v) is 8.11. The zero-order chi connectivity index (χ0) is 23.1. The van der Waals surface area contributed by atoms with E-state index in [0.717, 1.165) is 48.6 Å². The van der Waals surface area contributed by atoms with Gasteiger partial charge in [-0.3, -0.25) is 0 Å². The molecule has 5 aliphatic rings. The summed E-state index contributed by atoms with van der Waals surface area (Å²) < 4.78 is 0. The van der Waals surface area contributed by atoms with Gasteiger partial charge in [-0.05, 0) is 87.9 Å². The molecule has 32 heavy (non-hydrogen) atoms. The van der Waals surface area contributed by atoms with Gasteiger partial charge in [0.15, 0.2) is 0 Å². The summed E-state index contributed by atoms with van der Waals surface area (Å²) in [7, 11) is 0. The first kappa shape index (κ1) is 24.3. The number of isocyanates is 2. The lowest BCUT2D eigenvalue weighted by Gasteiger charge is -2.37. The van der Waals surface area contributed by atoms with Gasteiger partial charge in [0.2, 0.25) is 12.2 Å². The first-order chi connectivity index (χ1) is 15.5. The van der Waals surface area contributed by atoms with Crippen LogP contribution in [0, 0.1) is 35.5 Å². The Bertz CT molecular complexity index is 698. The van der Waals surface area contributed by atoms with Gasteiger partial charge in [-0.1, -0.05) is 12.8 Å². The molecule has 0 aromatic heterocycles. The summed E-state index contributed by atoms with van der Waals surface area (Å²) in [6.07, 6.45) is 14.3. The highest BCUT2D eigenvalue weighted by Gasteiger charge is 2.41. The van der Waals surface area contributed by atoms with Gasteiger partial charge in [0, 0.05) is 13.1 Å². The van der Waals surface area contributed by atoms with Gasteiger partial charge in [0.1, 0.15) is 0 Å². The van der Waals surface area contributed by atoms with Crippen LogP contribution in [0.25, 0.3) is 0 Å². The number of aliphatic imine (C=N–C) groups is 2. The smallest absolute Gasteiger partial charge is 0.247 e. The molecule has 176 valence electrons. The number of nitrogens with zero attached hydrogens (tertiary/aromatic N) is 4. The number of rotatable bonds is 6. The summed E-state index contributed by atoms with van der Waals surface area (Å²) in [5.74, 6) is 5.14. The first-order valence-electron chi connectivity index (χ1n) is 12.2. The predicted molar refractivity (Wildman–Crippen MR) is 119 cm³/mol. The topological polar surface area (TPSA) is 99.5 Å². The van der Waals surface area contributed by atoms with Gasteiger partial charge >= 0.3 is 12.1 Å². The van der Waals surface area contributed by atoms with Crippen LogP contribution in [0.5, 0.6) is 0 Å². The maximum absolute atomic E-state index is 10.9. The average Bonchev–Trinajstić information content (AvgIpc) is 3.60. The fourth-order valence-corrected chi connectivity index (χ4v) is 6.46. The summed E-state index contributed by atoms with van der Waals surface area (Å²) in [5, 5.41) is 0. The number of imide groups is 2. The summed E-state index contributed by atoms with van der Waals surface area (Å²) in [6, 6.07) is -0.343. The Morgan fingerprint density at radius 3 is 1.38 bits per heavy atom. The highest BCUT2D eigenvalue weighted by atomic mass is 16.2. The minimum Gasteiger partial charge on any atom is -0.247 e. The summed E-state index contributed by atoms with van der Waals surface area (Å²) >= 11 is 0. The predicted octanol–water partition coefficient (Wildman–Crippen LogP) is 4.40. The maximum Gasteiger partial charge on any atom is 0.336 e. The van der Waals surface area contributed by atoms with Crippen molar-refractivity contribution in [2.24, 2.45) is 45.5 Å². The van der Waals surface area contributed by atoms with E-state index in [-0.39, 0.29) is 12.1 Å². The summed E-state index contributed by atoms with van der Waals surface area (Å²) in [5.41, 5.74) is 0. The molecule has 0 aromatic carbocycles. The van der Waals surface area contributed by atoms with Crippen LogP contribution in [-0.2, 0) is 9.59 Å². The number of fused-ring (bicyclic) bond motifs is 4. The van der Waals surface area contributed by atoms with E-state index in [0.29, 0.717) is 13.1 Å². The fourth-order valence-electron chi connectivity index (χ4n) is 6.46. The molecule has 1 saturated heterocycles. The van der Waals surface area contributed by atoms with E-state index in [1.807, 2.05) is 0 Å². The number of carbonyl (C=O) groups excluding carboxylic acids is 4. The molecule has 4 saturated carbocycles. The van der Waals surface area contributed by atoms with Crippen molar-refractivity contribution >= 4 is 24.2 Å². The van der Waals surface area contributed by atoms with Crippen LogP contribution < -0.4 is 0 Å². The van der Waals surface area contributed by atoms with E-state index in [4.69, 9.17) is 0 Å². The number of hydrogen-bond acceptors (Lipinski definition) is 6. The second-order valence-electron chi connectivity index (χ2n) is 9.79. The molecule has 1 heterocycles. The molecule has 4 bridgehead atoms. The van der Waals surface area contributed by atoms with E-state index in [9.17, 15) is 19.2 Å². The molecule has 6 unspecified atom stereocenters. The van der Waals surface area contributed by atoms with E-state index < -0.39 is 0 Å². The molecule has 8 heteroatoms. The van der Waals surface area contributed by atoms with Crippen LogP contribution >= 0.6 is 0 Å². The number of amides is 4. The molecule has 0 aromatic rings. The van der Waals surface area contributed by atoms with Crippen molar-refractivity contribution in [1.29, 1.82) is 0 Å². The monoisotopic (exact) mass is 444 g/mol. The Morgan fingerprint density at radius 1 is 0.719 bits per heavy atom. The molecule has 5 rings (SSSR count). The Kier molecular flexibility index (Phi) is 8.77. The zero-order valence-corrected chi connectivity index (χ0v) is 19.4. The number of carbonyl (C=O) groups is 2. The van der Waals surface area contributed by atoms with Crippen molar-refractivity contribution in [3.05, 3.63) is 0 Å². The average molecular weight is 445 g/mol. The van der Waals surface area contributed by atoms with Crippen LogP contribution in [0.4, 0.5) is 9.59 Å². The lowest BCUT2D eigenvalue weighted by Crippen LogP contribution is -2.63. The van der Waals surface area contributed by atoms with Crippen molar-refractivity contribution in [3.63, 3.8) is 0 Å². The number of hydrogen-bond donors (Lipinski definition) is 0. The van der Waals surface area contributed by atoms with E-state index in [1.54, 1.807) is 26.0 Å². The fraction of sp³-hybridized carbons (Fsp3) is 0.833. The van der Waals surface area contributed by atoms with Gasteiger partial charge in [-0.25, -0.2) is 39.0 Å². The zero-order valence-electron chi connectivity index (χ0n) is 19.4. The highest BCUT2D eigenvalue weighted by molar-refractivity contribution is 6.11. The molecule has 0 radical (unpaired) electrons. The molecule has 6 atom stereocenters. The Hall–Kier alpha value is -2.30. The number of urea groups is 2. The molecular weight excluding hydrogens is 408 g/mol. The second-order valence-corrected chi connectivity index (χ2v) is 9.79. The van der Waals surface area contributed by atoms with E-state index >= 15 is 0 Å². The van der Waals surface area contributed by atoms with Crippen molar-refractivity contribution in [1.82, 2.24) is 9.80 Å². The quantitative estimate of drug-likeness (QED) is 0.448. The van der Waals surface area contributed by atoms with Gasteiger partial charge in [-0.15, -0.1) is 0 Å². The Balaban J connectivity index is 0.000000136. The molecule has 4 aliphatic carbocycles. The van der Waals surface area contributed by atoms with E-state index in [1.165, 1.54) is 61.2 Å².